The maximum Gasteiger partial charge on any atom is 0.131 e. The van der Waals surface area contributed by atoms with E-state index in [1.807, 2.05) is 25.2 Å². The van der Waals surface area contributed by atoms with Crippen LogP contribution in [0.4, 0.5) is 5.82 Å². The second kappa shape index (κ2) is 5.09. The number of aryl methyl sites for hydroxylation is 2. The molecule has 0 fully saturated rings. The van der Waals surface area contributed by atoms with E-state index in [2.05, 4.69) is 29.1 Å². The van der Waals surface area contributed by atoms with E-state index in [4.69, 9.17) is 5.73 Å². The number of pyridine rings is 1. The van der Waals surface area contributed by atoms with Crippen molar-refractivity contribution < 1.29 is 0 Å². The van der Waals surface area contributed by atoms with Gasteiger partial charge in [-0.05, 0) is 30.7 Å². The minimum atomic E-state index is 0.644. The Morgan fingerprint density at radius 1 is 1.25 bits per heavy atom. The quantitative estimate of drug-likeness (QED) is 0.802. The molecule has 0 aromatic carbocycles. The van der Waals surface area contributed by atoms with E-state index in [-0.39, 0.29) is 0 Å². The average molecular weight is 284 g/mol. The summed E-state index contributed by atoms with van der Waals surface area (Å²) >= 11 is 1.76. The van der Waals surface area contributed by atoms with Gasteiger partial charge in [0.25, 0.3) is 0 Å². The first kappa shape index (κ1) is 12.9. The van der Waals surface area contributed by atoms with Crippen LogP contribution in [-0.4, -0.2) is 14.8 Å². The summed E-state index contributed by atoms with van der Waals surface area (Å²) < 4.78 is 1.71. The zero-order chi connectivity index (χ0) is 14.1. The summed E-state index contributed by atoms with van der Waals surface area (Å²) in [6.07, 6.45) is 2.81. The minimum Gasteiger partial charge on any atom is -0.383 e. The molecule has 102 valence electrons. The minimum absolute atomic E-state index is 0.644. The molecule has 0 aliphatic heterocycles. The number of hydrogen-bond donors (Lipinski definition) is 1. The third-order valence-corrected chi connectivity index (χ3v) is 4.49. The maximum atomic E-state index is 6.18. The molecule has 3 aromatic heterocycles. The fourth-order valence-corrected chi connectivity index (χ4v) is 3.11. The first-order valence-corrected chi connectivity index (χ1v) is 7.35. The van der Waals surface area contributed by atoms with E-state index < -0.39 is 0 Å². The lowest BCUT2D eigenvalue weighted by molar-refractivity contribution is 0.783. The summed E-state index contributed by atoms with van der Waals surface area (Å²) in [6, 6.07) is 10.1. The third kappa shape index (κ3) is 2.10. The predicted octanol–water partition coefficient (Wildman–Crippen LogP) is 3.36. The van der Waals surface area contributed by atoms with Gasteiger partial charge in [-0.1, -0.05) is 13.0 Å². The van der Waals surface area contributed by atoms with Crippen LogP contribution in [0.3, 0.4) is 0 Å². The molecule has 4 nitrogen and oxygen atoms in total. The molecule has 5 heteroatoms. The van der Waals surface area contributed by atoms with Crippen molar-refractivity contribution in [3.8, 4) is 21.8 Å². The Bertz CT molecular complexity index is 728. The predicted molar refractivity (Wildman–Crippen MR) is 83.5 cm³/mol. The van der Waals surface area contributed by atoms with Crippen LogP contribution < -0.4 is 5.73 Å². The second-order valence-corrected chi connectivity index (χ2v) is 5.74. The third-order valence-electron chi connectivity index (χ3n) is 3.26. The lowest BCUT2D eigenvalue weighted by Gasteiger charge is -2.01. The summed E-state index contributed by atoms with van der Waals surface area (Å²) in [5.74, 6) is 0.644. The maximum absolute atomic E-state index is 6.18. The molecular weight excluding hydrogens is 268 g/mol. The molecule has 3 heterocycles. The molecule has 0 amide bonds. The number of nitrogens with two attached hydrogens (primary N) is 1. The lowest BCUT2D eigenvalue weighted by atomic mass is 10.1. The molecule has 2 N–H and O–H groups in total. The zero-order valence-corrected chi connectivity index (χ0v) is 12.3. The van der Waals surface area contributed by atoms with Crippen LogP contribution in [0.25, 0.3) is 21.8 Å². The highest BCUT2D eigenvalue weighted by Gasteiger charge is 2.19. The summed E-state index contributed by atoms with van der Waals surface area (Å²) in [7, 11) is 1.86. The summed E-state index contributed by atoms with van der Waals surface area (Å²) in [5.41, 5.74) is 8.86. The first-order chi connectivity index (χ1) is 9.70. The molecule has 0 radical (unpaired) electrons. The molecule has 3 aromatic rings. The number of nitrogen functional groups attached to an aromatic ring is 1. The average Bonchev–Trinajstić information content (AvgIpc) is 3.06. The van der Waals surface area contributed by atoms with E-state index >= 15 is 0 Å². The van der Waals surface area contributed by atoms with Crippen molar-refractivity contribution in [2.75, 3.05) is 5.73 Å². The molecule has 0 bridgehead atoms. The van der Waals surface area contributed by atoms with Gasteiger partial charge in [-0.3, -0.25) is 9.67 Å². The number of aromatic nitrogens is 3. The fraction of sp³-hybridized carbons (Fsp3) is 0.200. The largest absolute Gasteiger partial charge is 0.383 e. The van der Waals surface area contributed by atoms with Crippen molar-refractivity contribution in [1.29, 1.82) is 0 Å². The van der Waals surface area contributed by atoms with Crippen LogP contribution in [0.2, 0.25) is 0 Å². The molecule has 20 heavy (non-hydrogen) atoms. The normalized spacial score (nSPS) is 10.9. The van der Waals surface area contributed by atoms with Gasteiger partial charge >= 0.3 is 0 Å². The van der Waals surface area contributed by atoms with Crippen LogP contribution in [0.1, 0.15) is 11.8 Å². The van der Waals surface area contributed by atoms with Gasteiger partial charge in [-0.2, -0.15) is 5.10 Å². The zero-order valence-electron chi connectivity index (χ0n) is 11.5. The van der Waals surface area contributed by atoms with Crippen molar-refractivity contribution in [3.63, 3.8) is 0 Å². The van der Waals surface area contributed by atoms with Gasteiger partial charge in [0.1, 0.15) is 11.5 Å². The summed E-state index contributed by atoms with van der Waals surface area (Å²) in [5, 5.41) is 4.57. The molecule has 3 rings (SSSR count). The molecule has 0 unspecified atom stereocenters. The SMILES string of the molecule is CCc1ccc(-c2nn(C)c(N)c2-c2ccccn2)s1. The topological polar surface area (TPSA) is 56.7 Å². The molecular formula is C15H16N4S. The van der Waals surface area contributed by atoms with Crippen LogP contribution in [0.15, 0.2) is 36.5 Å². The molecule has 0 saturated heterocycles. The van der Waals surface area contributed by atoms with Crippen LogP contribution in [0, 0.1) is 0 Å². The highest BCUT2D eigenvalue weighted by atomic mass is 32.1. The van der Waals surface area contributed by atoms with Gasteiger partial charge < -0.3 is 5.73 Å². The highest BCUT2D eigenvalue weighted by molar-refractivity contribution is 7.15. The van der Waals surface area contributed by atoms with E-state index in [9.17, 15) is 0 Å². The Morgan fingerprint density at radius 3 is 2.75 bits per heavy atom. The Morgan fingerprint density at radius 2 is 2.10 bits per heavy atom. The second-order valence-electron chi connectivity index (χ2n) is 4.57. The van der Waals surface area contributed by atoms with Crippen LogP contribution >= 0.6 is 11.3 Å². The Hall–Kier alpha value is -2.14. The van der Waals surface area contributed by atoms with E-state index in [0.717, 1.165) is 28.2 Å². The van der Waals surface area contributed by atoms with Crippen molar-refractivity contribution >= 4 is 17.2 Å². The fourth-order valence-electron chi connectivity index (χ4n) is 2.17. The number of anilines is 1. The standard InChI is InChI=1S/C15H16N4S/c1-3-10-7-8-12(20-10)14-13(15(16)19(2)18-14)11-6-4-5-9-17-11/h4-9H,3,16H2,1-2H3. The van der Waals surface area contributed by atoms with Gasteiger partial charge in [-0.25, -0.2) is 0 Å². The number of nitrogens with zero attached hydrogens (tertiary/aromatic N) is 3. The van der Waals surface area contributed by atoms with Gasteiger partial charge in [0.05, 0.1) is 16.1 Å². The van der Waals surface area contributed by atoms with Crippen LogP contribution in [-0.2, 0) is 13.5 Å². The van der Waals surface area contributed by atoms with E-state index in [0.29, 0.717) is 5.82 Å². The van der Waals surface area contributed by atoms with E-state index in [1.54, 1.807) is 22.2 Å². The molecule has 0 atom stereocenters. The Labute approximate surface area is 121 Å². The first-order valence-electron chi connectivity index (χ1n) is 6.53. The molecule has 0 aliphatic rings. The number of hydrogen-bond acceptors (Lipinski definition) is 4. The summed E-state index contributed by atoms with van der Waals surface area (Å²) in [4.78, 5) is 6.89. The van der Waals surface area contributed by atoms with Crippen molar-refractivity contribution in [1.82, 2.24) is 14.8 Å². The molecule has 0 saturated carbocycles. The van der Waals surface area contributed by atoms with Crippen molar-refractivity contribution in [2.24, 2.45) is 7.05 Å². The van der Waals surface area contributed by atoms with Gasteiger partial charge in [0.15, 0.2) is 0 Å². The smallest absolute Gasteiger partial charge is 0.131 e. The Balaban J connectivity index is 2.19. The molecule has 0 spiro atoms. The molecule has 0 aliphatic carbocycles. The monoisotopic (exact) mass is 284 g/mol. The van der Waals surface area contributed by atoms with Gasteiger partial charge in [-0.15, -0.1) is 11.3 Å². The summed E-state index contributed by atoms with van der Waals surface area (Å²) in [6.45, 7) is 2.15. The number of thiophene rings is 1. The van der Waals surface area contributed by atoms with Crippen molar-refractivity contribution in [3.05, 3.63) is 41.4 Å². The highest BCUT2D eigenvalue weighted by Crippen LogP contribution is 2.37. The van der Waals surface area contributed by atoms with Crippen LogP contribution in [0.5, 0.6) is 0 Å². The lowest BCUT2D eigenvalue weighted by Crippen LogP contribution is -1.98. The van der Waals surface area contributed by atoms with Crippen molar-refractivity contribution in [2.45, 2.75) is 13.3 Å². The van der Waals surface area contributed by atoms with Gasteiger partial charge in [0, 0.05) is 18.1 Å². The number of rotatable bonds is 3. The van der Waals surface area contributed by atoms with E-state index in [1.165, 1.54) is 4.88 Å². The Kier molecular flexibility index (Phi) is 3.28. The van der Waals surface area contributed by atoms with Gasteiger partial charge in [0.2, 0.25) is 0 Å².